The first-order valence-electron chi connectivity index (χ1n) is 0. The number of hydrogen-bond donors (Lipinski definition) is 0. The summed E-state index contributed by atoms with van der Waals surface area (Å²) < 4.78 is 0. The van der Waals surface area contributed by atoms with Crippen LogP contribution in [0.15, 0.2) is 0 Å². The van der Waals surface area contributed by atoms with E-state index in [1.807, 2.05) is 0 Å². The van der Waals surface area contributed by atoms with Crippen LogP contribution in [0.25, 0.3) is 0 Å². The van der Waals surface area contributed by atoms with Crippen molar-refractivity contribution in [2.75, 3.05) is 0 Å². The summed E-state index contributed by atoms with van der Waals surface area (Å²) in [5, 5.41) is 0. The van der Waals surface area contributed by atoms with Gasteiger partial charge in [-0.15, -0.1) is 0 Å². The fourth-order valence-electron chi connectivity index (χ4n) is 0. The summed E-state index contributed by atoms with van der Waals surface area (Å²) in [5.41, 5.74) is 0. The molecule has 7 heavy (non-hydrogen) atoms. The van der Waals surface area contributed by atoms with Crippen molar-refractivity contribution in [2.24, 2.45) is 0 Å². The van der Waals surface area contributed by atoms with Gasteiger partial charge in [-0.25, -0.2) is 0 Å². The Kier molecular flexibility index (Phi) is 13300. The molecule has 0 atom stereocenters. The van der Waals surface area contributed by atoms with Crippen LogP contribution in [0.2, 0.25) is 0 Å². The average molecular weight is 152 g/mol. The van der Waals surface area contributed by atoms with E-state index < -0.39 is 0 Å². The van der Waals surface area contributed by atoms with Crippen LogP contribution >= 0.6 is 0 Å². The van der Waals surface area contributed by atoms with E-state index in [1.165, 1.54) is 0 Å². The van der Waals surface area contributed by atoms with E-state index in [4.69, 9.17) is 0 Å². The monoisotopic (exact) mass is 152 g/mol. The minimum Gasteiger partial charge on any atom is 0 e. The van der Waals surface area contributed by atoms with Crippen LogP contribution < -0.4 is 0 Å². The maximum atomic E-state index is 0. The average Bonchev–Trinajstić information content (AvgIpc) is 0. The summed E-state index contributed by atoms with van der Waals surface area (Å²) in [6.07, 6.45) is 0. The van der Waals surface area contributed by atoms with Crippen molar-refractivity contribution >= 4 is 37.7 Å². The molecule has 54 valence electrons. The van der Waals surface area contributed by atoms with Gasteiger partial charge < -0.3 is 32.9 Å². The molecule has 0 saturated carbocycles. The first-order valence-corrected chi connectivity index (χ1v) is 0. The maximum Gasteiger partial charge on any atom is 0 e. The normalized spacial score (nSPS) is 0. The Morgan fingerprint density at radius 2 is 0.429 bits per heavy atom. The predicted molar refractivity (Wildman–Crippen MR) is 32.3 cm³/mol. The second kappa shape index (κ2) is 245. The van der Waals surface area contributed by atoms with E-state index in [-0.39, 0.29) is 72.0 Å². The van der Waals surface area contributed by atoms with Crippen LogP contribution in [0.3, 0.4) is 0 Å². The number of rotatable bonds is 0. The molecule has 0 spiro atoms. The minimum atomic E-state index is 0. The molecule has 0 aromatic heterocycles. The van der Waals surface area contributed by atoms with Gasteiger partial charge in [0.2, 0.25) is 0 Å². The van der Waals surface area contributed by atoms with Crippen molar-refractivity contribution < 1.29 is 34.3 Å². The SMILES string of the molecule is O.O.O.O.O.O.[CaH2].[HH]. The third kappa shape index (κ3) is 170. The molecule has 0 radical (unpaired) electrons. The van der Waals surface area contributed by atoms with Gasteiger partial charge in [0.05, 0.1) is 0 Å². The van der Waals surface area contributed by atoms with Crippen molar-refractivity contribution in [3.8, 4) is 0 Å². The fourth-order valence-corrected chi connectivity index (χ4v) is 0. The van der Waals surface area contributed by atoms with Crippen molar-refractivity contribution in [1.29, 1.82) is 0 Å². The van der Waals surface area contributed by atoms with E-state index in [9.17, 15) is 0 Å². The van der Waals surface area contributed by atoms with Crippen molar-refractivity contribution in [2.45, 2.75) is 0 Å². The van der Waals surface area contributed by atoms with E-state index >= 15 is 0 Å². The molecule has 6 nitrogen and oxygen atoms in total. The maximum absolute atomic E-state index is 0. The van der Waals surface area contributed by atoms with Gasteiger partial charge in [0, 0.05) is 1.43 Å². The topological polar surface area (TPSA) is 189 Å². The molecule has 0 aromatic rings. The molecule has 0 fully saturated rings. The Morgan fingerprint density at radius 1 is 0.429 bits per heavy atom. The minimum absolute atomic E-state index is 0. The van der Waals surface area contributed by atoms with Crippen LogP contribution in [0, 0.1) is 0 Å². The Morgan fingerprint density at radius 3 is 0.429 bits per heavy atom. The first-order chi connectivity index (χ1) is 0. The Balaban J connectivity index is 0. The molecule has 0 unspecified atom stereocenters. The molecule has 0 aliphatic rings. The van der Waals surface area contributed by atoms with Gasteiger partial charge in [0.15, 0.2) is 0 Å². The molecule has 0 bridgehead atoms. The summed E-state index contributed by atoms with van der Waals surface area (Å²) in [6.45, 7) is 0. The third-order valence-electron chi connectivity index (χ3n) is 0. The van der Waals surface area contributed by atoms with E-state index in [0.717, 1.165) is 0 Å². The zero-order valence-corrected chi connectivity index (χ0v) is 3.00. The summed E-state index contributed by atoms with van der Waals surface area (Å²) in [5.74, 6) is 0. The van der Waals surface area contributed by atoms with Crippen molar-refractivity contribution in [1.82, 2.24) is 0 Å². The van der Waals surface area contributed by atoms with Crippen LogP contribution in [0.4, 0.5) is 0 Å². The molecule has 12 N–H and O–H groups in total. The number of hydrogen-bond acceptors (Lipinski definition) is 0. The van der Waals surface area contributed by atoms with Gasteiger partial charge in [-0.3, -0.25) is 0 Å². The van der Waals surface area contributed by atoms with Gasteiger partial charge >= 0.3 is 37.7 Å². The zero-order chi connectivity index (χ0) is 0. The van der Waals surface area contributed by atoms with Crippen LogP contribution in [0.1, 0.15) is 1.43 Å². The molecule has 0 heterocycles. The third-order valence-corrected chi connectivity index (χ3v) is 0. The van der Waals surface area contributed by atoms with E-state index in [0.29, 0.717) is 0 Å². The summed E-state index contributed by atoms with van der Waals surface area (Å²) in [7, 11) is 0. The van der Waals surface area contributed by atoms with E-state index in [2.05, 4.69) is 0 Å². The van der Waals surface area contributed by atoms with Gasteiger partial charge in [0.25, 0.3) is 0 Å². The molecular formula is H16CaO6. The van der Waals surface area contributed by atoms with Crippen molar-refractivity contribution in [3.05, 3.63) is 0 Å². The molecule has 0 saturated heterocycles. The molecule has 0 amide bonds. The smallest absolute Gasteiger partial charge is 0 e. The quantitative estimate of drug-likeness (QED) is 0.299. The van der Waals surface area contributed by atoms with Crippen LogP contribution in [-0.2, 0) is 0 Å². The second-order valence-electron chi connectivity index (χ2n) is 0. The van der Waals surface area contributed by atoms with Crippen LogP contribution in [-0.4, -0.2) is 70.6 Å². The zero-order valence-electron chi connectivity index (χ0n) is 3.00. The predicted octanol–water partition coefficient (Wildman–Crippen LogP) is -5.62. The summed E-state index contributed by atoms with van der Waals surface area (Å²) in [6, 6.07) is 0. The van der Waals surface area contributed by atoms with Gasteiger partial charge in [-0.2, -0.15) is 0 Å². The summed E-state index contributed by atoms with van der Waals surface area (Å²) >= 11 is 0. The molecule has 0 aliphatic heterocycles. The van der Waals surface area contributed by atoms with Gasteiger partial charge in [-0.1, -0.05) is 0 Å². The van der Waals surface area contributed by atoms with Crippen molar-refractivity contribution in [3.63, 3.8) is 0 Å². The second-order valence-corrected chi connectivity index (χ2v) is 0. The van der Waals surface area contributed by atoms with Crippen LogP contribution in [0.5, 0.6) is 0 Å². The molecule has 0 aliphatic carbocycles. The van der Waals surface area contributed by atoms with E-state index in [1.54, 1.807) is 0 Å². The Hall–Kier alpha value is 1.02. The molecular weight excluding hydrogens is 136 g/mol. The summed E-state index contributed by atoms with van der Waals surface area (Å²) in [4.78, 5) is 0. The van der Waals surface area contributed by atoms with Gasteiger partial charge in [0.1, 0.15) is 0 Å². The molecule has 0 aromatic carbocycles. The Bertz CT molecular complexity index is 8.49. The fraction of sp³-hybridized carbons (Fsp3) is 0. The molecule has 7 heteroatoms. The molecule has 0 rings (SSSR count). The Labute approximate surface area is 71.9 Å². The van der Waals surface area contributed by atoms with Gasteiger partial charge in [-0.05, 0) is 0 Å². The standard InChI is InChI=1S/Ca.6H2O.H2.2H/h;6*1H2;1H;;. The largest absolute Gasteiger partial charge is 0 e. The first kappa shape index (κ1) is 380.